The molecule has 0 amide bonds. The molecule has 0 radical (unpaired) electrons. The third-order valence-corrected chi connectivity index (χ3v) is 4.76. The minimum Gasteiger partial charge on any atom is -0.436 e. The Balaban J connectivity index is 1.67. The molecule has 0 fully saturated rings. The van der Waals surface area contributed by atoms with Crippen LogP contribution in [0.5, 0.6) is 0 Å². The Hall–Kier alpha value is -3.22. The van der Waals surface area contributed by atoms with Gasteiger partial charge in [0.25, 0.3) is 5.69 Å². The molecule has 1 heterocycles. The number of nitro groups is 1. The predicted octanol–water partition coefficient (Wildman–Crippen LogP) is 6.46. The van der Waals surface area contributed by atoms with E-state index in [1.54, 1.807) is 54.6 Å². The molecule has 4 aromatic rings. The van der Waals surface area contributed by atoms with Crippen LogP contribution in [0.2, 0.25) is 10.0 Å². The monoisotopic (exact) mass is 411 g/mol. The molecule has 0 saturated carbocycles. The molecule has 0 aliphatic carbocycles. The van der Waals surface area contributed by atoms with Crippen molar-refractivity contribution in [3.63, 3.8) is 0 Å². The molecular formula is C20H11Cl2N3O3. The summed E-state index contributed by atoms with van der Waals surface area (Å²) < 4.78 is 5.76. The summed E-state index contributed by atoms with van der Waals surface area (Å²) in [7, 11) is 0. The molecule has 4 rings (SSSR count). The zero-order valence-corrected chi connectivity index (χ0v) is 15.7. The van der Waals surface area contributed by atoms with Gasteiger partial charge in [0.15, 0.2) is 5.58 Å². The Morgan fingerprint density at radius 1 is 1.04 bits per heavy atom. The maximum absolute atomic E-state index is 11.1. The summed E-state index contributed by atoms with van der Waals surface area (Å²) in [5.74, 6) is 0.411. The van der Waals surface area contributed by atoms with Gasteiger partial charge in [-0.15, -0.1) is 0 Å². The number of halogens is 2. The van der Waals surface area contributed by atoms with Crippen molar-refractivity contribution in [2.24, 2.45) is 4.99 Å². The Bertz CT molecular complexity index is 1230. The topological polar surface area (TPSA) is 81.5 Å². The zero-order valence-electron chi connectivity index (χ0n) is 14.2. The lowest BCUT2D eigenvalue weighted by Gasteiger charge is -1.97. The van der Waals surface area contributed by atoms with Gasteiger partial charge in [-0.3, -0.25) is 15.1 Å². The van der Waals surface area contributed by atoms with Crippen molar-refractivity contribution in [2.45, 2.75) is 0 Å². The number of nitrogens with zero attached hydrogens (tertiary/aromatic N) is 3. The molecular weight excluding hydrogens is 401 g/mol. The molecule has 0 spiro atoms. The van der Waals surface area contributed by atoms with Crippen molar-refractivity contribution in [1.82, 2.24) is 4.98 Å². The quantitative estimate of drug-likeness (QED) is 0.219. The van der Waals surface area contributed by atoms with Crippen LogP contribution < -0.4 is 0 Å². The van der Waals surface area contributed by atoms with Gasteiger partial charge in [-0.1, -0.05) is 35.3 Å². The first-order valence-corrected chi connectivity index (χ1v) is 8.90. The van der Waals surface area contributed by atoms with Crippen molar-refractivity contribution < 1.29 is 9.34 Å². The number of aromatic nitrogens is 1. The number of aliphatic imine (C=N–C) groups is 1. The van der Waals surface area contributed by atoms with Gasteiger partial charge in [0.2, 0.25) is 5.89 Å². The number of rotatable bonds is 4. The largest absolute Gasteiger partial charge is 0.436 e. The second kappa shape index (κ2) is 7.42. The van der Waals surface area contributed by atoms with Gasteiger partial charge in [0, 0.05) is 17.8 Å². The van der Waals surface area contributed by atoms with Crippen LogP contribution in [0, 0.1) is 10.1 Å². The first kappa shape index (κ1) is 18.2. The summed E-state index contributed by atoms with van der Waals surface area (Å²) >= 11 is 12.0. The van der Waals surface area contributed by atoms with E-state index in [0.717, 1.165) is 0 Å². The van der Waals surface area contributed by atoms with Crippen molar-refractivity contribution in [1.29, 1.82) is 0 Å². The number of benzene rings is 3. The van der Waals surface area contributed by atoms with Gasteiger partial charge in [-0.05, 0) is 42.5 Å². The van der Waals surface area contributed by atoms with E-state index in [0.29, 0.717) is 43.9 Å². The average Bonchev–Trinajstić information content (AvgIpc) is 3.12. The lowest BCUT2D eigenvalue weighted by Crippen LogP contribution is -1.93. The summed E-state index contributed by atoms with van der Waals surface area (Å²) in [6.07, 6.45) is 1.46. The Morgan fingerprint density at radius 2 is 1.86 bits per heavy atom. The third-order valence-electron chi connectivity index (χ3n) is 4.02. The molecule has 0 aliphatic heterocycles. The Morgan fingerprint density at radius 3 is 2.64 bits per heavy atom. The second-order valence-corrected chi connectivity index (χ2v) is 6.69. The lowest BCUT2D eigenvalue weighted by molar-refractivity contribution is -0.385. The average molecular weight is 412 g/mol. The van der Waals surface area contributed by atoms with E-state index in [-0.39, 0.29) is 5.69 Å². The highest BCUT2D eigenvalue weighted by Crippen LogP contribution is 2.31. The lowest BCUT2D eigenvalue weighted by atomic mass is 10.2. The van der Waals surface area contributed by atoms with E-state index in [1.165, 1.54) is 12.3 Å². The normalized spacial score (nSPS) is 11.4. The minimum absolute atomic E-state index is 0.00401. The summed E-state index contributed by atoms with van der Waals surface area (Å²) in [5, 5.41) is 12.0. The smallest absolute Gasteiger partial charge is 0.278 e. The third kappa shape index (κ3) is 3.60. The van der Waals surface area contributed by atoms with Gasteiger partial charge in [0.05, 0.1) is 26.2 Å². The van der Waals surface area contributed by atoms with E-state index >= 15 is 0 Å². The standard InChI is InChI=1S/C20H11Cl2N3O3/c21-15-7-5-12(9-16(15)22)20-24-17-10-14(6-8-19(17)28-20)23-11-13-3-1-2-4-18(13)25(26)27/h1-11H. The van der Waals surface area contributed by atoms with Crippen LogP contribution in [0.25, 0.3) is 22.6 Å². The molecule has 1 aromatic heterocycles. The van der Waals surface area contributed by atoms with Crippen molar-refractivity contribution in [3.8, 4) is 11.5 Å². The first-order valence-electron chi connectivity index (χ1n) is 8.15. The molecule has 28 heavy (non-hydrogen) atoms. The van der Waals surface area contributed by atoms with Crippen LogP contribution in [-0.4, -0.2) is 16.1 Å². The fourth-order valence-corrected chi connectivity index (χ4v) is 2.95. The van der Waals surface area contributed by atoms with Crippen LogP contribution >= 0.6 is 23.2 Å². The van der Waals surface area contributed by atoms with Crippen LogP contribution in [0.1, 0.15) is 5.56 Å². The van der Waals surface area contributed by atoms with Crippen LogP contribution in [0.3, 0.4) is 0 Å². The Kier molecular flexibility index (Phi) is 4.81. The van der Waals surface area contributed by atoms with Gasteiger partial charge >= 0.3 is 0 Å². The number of oxazole rings is 1. The van der Waals surface area contributed by atoms with Crippen molar-refractivity contribution >= 4 is 51.9 Å². The molecule has 0 unspecified atom stereocenters. The van der Waals surface area contributed by atoms with Gasteiger partial charge in [-0.25, -0.2) is 4.98 Å². The van der Waals surface area contributed by atoms with E-state index in [4.69, 9.17) is 27.6 Å². The summed E-state index contributed by atoms with van der Waals surface area (Å²) in [4.78, 5) is 19.4. The van der Waals surface area contributed by atoms with E-state index in [2.05, 4.69) is 9.98 Å². The number of nitro benzene ring substituents is 1. The molecule has 138 valence electrons. The Labute approximate surface area is 169 Å². The number of para-hydroxylation sites is 1. The second-order valence-electron chi connectivity index (χ2n) is 5.87. The van der Waals surface area contributed by atoms with Crippen molar-refractivity contribution in [3.05, 3.63) is 86.4 Å². The highest BCUT2D eigenvalue weighted by molar-refractivity contribution is 6.42. The number of hydrogen-bond acceptors (Lipinski definition) is 5. The molecule has 3 aromatic carbocycles. The van der Waals surface area contributed by atoms with Gasteiger partial charge in [-0.2, -0.15) is 0 Å². The van der Waals surface area contributed by atoms with Crippen molar-refractivity contribution in [2.75, 3.05) is 0 Å². The van der Waals surface area contributed by atoms with Crippen LogP contribution in [0.15, 0.2) is 70.1 Å². The fraction of sp³-hybridized carbons (Fsp3) is 0. The maximum atomic E-state index is 11.1. The predicted molar refractivity (Wildman–Crippen MR) is 110 cm³/mol. The SMILES string of the molecule is O=[N+]([O-])c1ccccc1C=Nc1ccc2oc(-c3ccc(Cl)c(Cl)c3)nc2c1. The summed E-state index contributed by atoms with van der Waals surface area (Å²) in [5.41, 5.74) is 2.92. The first-order chi connectivity index (χ1) is 13.5. The molecule has 0 bridgehead atoms. The highest BCUT2D eigenvalue weighted by Gasteiger charge is 2.12. The molecule has 0 atom stereocenters. The van der Waals surface area contributed by atoms with E-state index in [1.807, 2.05) is 0 Å². The molecule has 0 saturated heterocycles. The molecule has 0 N–H and O–H groups in total. The maximum Gasteiger partial charge on any atom is 0.278 e. The van der Waals surface area contributed by atoms with Crippen LogP contribution in [0.4, 0.5) is 11.4 Å². The molecule has 8 heteroatoms. The van der Waals surface area contributed by atoms with Crippen LogP contribution in [-0.2, 0) is 0 Å². The van der Waals surface area contributed by atoms with Gasteiger partial charge < -0.3 is 4.42 Å². The summed E-state index contributed by atoms with van der Waals surface area (Å²) in [6, 6.07) is 16.8. The fourth-order valence-electron chi connectivity index (χ4n) is 2.66. The molecule has 6 nitrogen and oxygen atoms in total. The number of fused-ring (bicyclic) bond motifs is 1. The minimum atomic E-state index is -0.439. The molecule has 0 aliphatic rings. The highest BCUT2D eigenvalue weighted by atomic mass is 35.5. The zero-order chi connectivity index (χ0) is 19.7. The van der Waals surface area contributed by atoms with E-state index < -0.39 is 4.92 Å². The van der Waals surface area contributed by atoms with E-state index in [9.17, 15) is 10.1 Å². The van der Waals surface area contributed by atoms with Gasteiger partial charge in [0.1, 0.15) is 5.52 Å². The number of hydrogen-bond donors (Lipinski definition) is 0. The summed E-state index contributed by atoms with van der Waals surface area (Å²) in [6.45, 7) is 0.